The van der Waals surface area contributed by atoms with Crippen molar-refractivity contribution in [1.29, 1.82) is 0 Å². The van der Waals surface area contributed by atoms with Gasteiger partial charge < -0.3 is 0 Å². The molecule has 0 atom stereocenters. The summed E-state index contributed by atoms with van der Waals surface area (Å²) < 4.78 is 31.0. The molecule has 154 valence electrons. The molecule has 0 saturated carbocycles. The van der Waals surface area contributed by atoms with E-state index in [0.717, 1.165) is 28.0 Å². The molecule has 3 aromatic carbocycles. The van der Waals surface area contributed by atoms with Crippen molar-refractivity contribution in [2.45, 2.75) is 31.5 Å². The standard InChI is InChI=1S/C23H22N2O3S2/c1-2-25-21-14-13-20(15-22(21)29-23(25)26)30(27,28)24(16-18-9-5-3-6-10-18)17-19-11-7-4-8-12-19/h3-15H,2,16-17H2,1H3. The lowest BCUT2D eigenvalue weighted by Crippen LogP contribution is -2.30. The maximum absolute atomic E-state index is 13.6. The van der Waals surface area contributed by atoms with Gasteiger partial charge in [-0.25, -0.2) is 8.42 Å². The van der Waals surface area contributed by atoms with Gasteiger partial charge in [0, 0.05) is 19.6 Å². The minimum absolute atomic E-state index is 0.0764. The van der Waals surface area contributed by atoms with Crippen molar-refractivity contribution in [1.82, 2.24) is 8.87 Å². The molecule has 5 nitrogen and oxygen atoms in total. The van der Waals surface area contributed by atoms with Crippen LogP contribution in [0.5, 0.6) is 0 Å². The highest BCUT2D eigenvalue weighted by molar-refractivity contribution is 7.89. The molecule has 4 rings (SSSR count). The number of benzene rings is 3. The van der Waals surface area contributed by atoms with Crippen LogP contribution in [0.1, 0.15) is 18.1 Å². The van der Waals surface area contributed by atoms with E-state index in [1.807, 2.05) is 67.6 Å². The van der Waals surface area contributed by atoms with Crippen LogP contribution >= 0.6 is 11.3 Å². The van der Waals surface area contributed by atoms with Crippen molar-refractivity contribution in [3.63, 3.8) is 0 Å². The second kappa shape index (κ2) is 8.55. The van der Waals surface area contributed by atoms with Crippen molar-refractivity contribution in [3.8, 4) is 0 Å². The highest BCUT2D eigenvalue weighted by atomic mass is 32.2. The van der Waals surface area contributed by atoms with Crippen LogP contribution in [0.15, 0.2) is 88.6 Å². The first kappa shape index (κ1) is 20.5. The largest absolute Gasteiger partial charge is 0.308 e. The fourth-order valence-electron chi connectivity index (χ4n) is 3.46. The molecule has 0 spiro atoms. The summed E-state index contributed by atoms with van der Waals surface area (Å²) in [6.07, 6.45) is 0. The Hall–Kier alpha value is -2.74. The lowest BCUT2D eigenvalue weighted by molar-refractivity contribution is 0.401. The maximum atomic E-state index is 13.6. The second-order valence-corrected chi connectivity index (χ2v) is 9.92. The van der Waals surface area contributed by atoms with Crippen molar-refractivity contribution < 1.29 is 8.42 Å². The first-order valence-corrected chi connectivity index (χ1v) is 12.0. The van der Waals surface area contributed by atoms with E-state index < -0.39 is 10.0 Å². The molecule has 30 heavy (non-hydrogen) atoms. The monoisotopic (exact) mass is 438 g/mol. The highest BCUT2D eigenvalue weighted by Crippen LogP contribution is 2.26. The molecule has 0 N–H and O–H groups in total. The van der Waals surface area contributed by atoms with Gasteiger partial charge in [-0.2, -0.15) is 4.31 Å². The molecule has 0 radical (unpaired) electrons. The summed E-state index contributed by atoms with van der Waals surface area (Å²) in [4.78, 5) is 12.3. The summed E-state index contributed by atoms with van der Waals surface area (Å²) in [6, 6.07) is 24.1. The van der Waals surface area contributed by atoms with Crippen molar-refractivity contribution in [2.24, 2.45) is 0 Å². The Kier molecular flexibility index (Phi) is 5.85. The lowest BCUT2D eigenvalue weighted by atomic mass is 10.2. The van der Waals surface area contributed by atoms with E-state index in [2.05, 4.69) is 0 Å². The second-order valence-electron chi connectivity index (χ2n) is 6.99. The molecule has 4 aromatic rings. The van der Waals surface area contributed by atoms with E-state index in [1.54, 1.807) is 22.8 Å². The first-order valence-electron chi connectivity index (χ1n) is 9.70. The number of fused-ring (bicyclic) bond motifs is 1. The molecule has 0 saturated heterocycles. The van der Waals surface area contributed by atoms with Crippen LogP contribution in [-0.4, -0.2) is 17.3 Å². The minimum atomic E-state index is -3.77. The zero-order valence-electron chi connectivity index (χ0n) is 16.6. The highest BCUT2D eigenvalue weighted by Gasteiger charge is 2.26. The quantitative estimate of drug-likeness (QED) is 0.428. The average Bonchev–Trinajstić information content (AvgIpc) is 3.08. The number of aryl methyl sites for hydroxylation is 1. The molecular weight excluding hydrogens is 416 g/mol. The number of aromatic nitrogens is 1. The molecule has 0 aliphatic carbocycles. The third-order valence-corrected chi connectivity index (χ3v) is 7.73. The van der Waals surface area contributed by atoms with Gasteiger partial charge in [-0.15, -0.1) is 0 Å². The Labute approximate surface area is 179 Å². The molecule has 1 heterocycles. The van der Waals surface area contributed by atoms with E-state index in [0.29, 0.717) is 11.2 Å². The average molecular weight is 439 g/mol. The van der Waals surface area contributed by atoms with Crippen LogP contribution in [0.2, 0.25) is 0 Å². The molecule has 0 amide bonds. The van der Waals surface area contributed by atoms with Crippen LogP contribution in [0, 0.1) is 0 Å². The van der Waals surface area contributed by atoms with Gasteiger partial charge in [0.05, 0.1) is 15.1 Å². The summed E-state index contributed by atoms with van der Waals surface area (Å²) in [5.41, 5.74) is 2.60. The number of rotatable bonds is 7. The zero-order chi connectivity index (χ0) is 21.1. The molecule has 0 aliphatic rings. The molecule has 7 heteroatoms. The van der Waals surface area contributed by atoms with Crippen LogP contribution in [0.4, 0.5) is 0 Å². The van der Waals surface area contributed by atoms with Crippen molar-refractivity contribution in [2.75, 3.05) is 0 Å². The van der Waals surface area contributed by atoms with Gasteiger partial charge in [-0.3, -0.25) is 9.36 Å². The van der Waals surface area contributed by atoms with E-state index in [-0.39, 0.29) is 22.9 Å². The molecular formula is C23H22N2O3S2. The van der Waals surface area contributed by atoms with Gasteiger partial charge in [-0.1, -0.05) is 72.0 Å². The van der Waals surface area contributed by atoms with Gasteiger partial charge in [0.25, 0.3) is 0 Å². The maximum Gasteiger partial charge on any atom is 0.308 e. The normalized spacial score (nSPS) is 11.9. The zero-order valence-corrected chi connectivity index (χ0v) is 18.2. The van der Waals surface area contributed by atoms with Crippen LogP contribution in [0.25, 0.3) is 10.2 Å². The van der Waals surface area contributed by atoms with Crippen LogP contribution in [0.3, 0.4) is 0 Å². The Morgan fingerprint density at radius 3 is 1.97 bits per heavy atom. The molecule has 1 aromatic heterocycles. The van der Waals surface area contributed by atoms with Crippen LogP contribution < -0.4 is 4.87 Å². The number of sulfonamides is 1. The van der Waals surface area contributed by atoms with E-state index in [1.165, 1.54) is 4.31 Å². The predicted molar refractivity (Wildman–Crippen MR) is 121 cm³/mol. The SMILES string of the molecule is CCn1c(=O)sc2cc(S(=O)(=O)N(Cc3ccccc3)Cc3ccccc3)ccc21. The van der Waals surface area contributed by atoms with Crippen LogP contribution in [-0.2, 0) is 29.7 Å². The van der Waals surface area contributed by atoms with E-state index in [9.17, 15) is 13.2 Å². The van der Waals surface area contributed by atoms with E-state index in [4.69, 9.17) is 0 Å². The van der Waals surface area contributed by atoms with Gasteiger partial charge in [-0.05, 0) is 36.2 Å². The van der Waals surface area contributed by atoms with Crippen molar-refractivity contribution >= 4 is 31.6 Å². The first-order chi connectivity index (χ1) is 14.5. The Balaban J connectivity index is 1.76. The van der Waals surface area contributed by atoms with Gasteiger partial charge in [0.15, 0.2) is 0 Å². The van der Waals surface area contributed by atoms with Crippen molar-refractivity contribution in [3.05, 3.63) is 99.7 Å². The Bertz CT molecular complexity index is 1270. The summed E-state index contributed by atoms with van der Waals surface area (Å²) in [5.74, 6) is 0. The topological polar surface area (TPSA) is 59.4 Å². The summed E-state index contributed by atoms with van der Waals surface area (Å²) in [5, 5.41) is 0. The third-order valence-electron chi connectivity index (χ3n) is 5.00. The molecule has 0 unspecified atom stereocenters. The smallest absolute Gasteiger partial charge is 0.299 e. The minimum Gasteiger partial charge on any atom is -0.299 e. The number of thiazole rings is 1. The fraction of sp³-hybridized carbons (Fsp3) is 0.174. The number of hydrogen-bond acceptors (Lipinski definition) is 4. The molecule has 0 aliphatic heterocycles. The molecule has 0 bridgehead atoms. The number of hydrogen-bond donors (Lipinski definition) is 0. The lowest BCUT2D eigenvalue weighted by Gasteiger charge is -2.22. The van der Waals surface area contributed by atoms with Gasteiger partial charge >= 0.3 is 4.87 Å². The van der Waals surface area contributed by atoms with Gasteiger partial charge in [0.2, 0.25) is 10.0 Å². The van der Waals surface area contributed by atoms with Gasteiger partial charge in [0.1, 0.15) is 0 Å². The third kappa shape index (κ3) is 4.09. The number of nitrogens with zero attached hydrogens (tertiary/aromatic N) is 2. The summed E-state index contributed by atoms with van der Waals surface area (Å²) >= 11 is 1.08. The summed E-state index contributed by atoms with van der Waals surface area (Å²) in [7, 11) is -3.77. The molecule has 0 fully saturated rings. The fourth-order valence-corrected chi connectivity index (χ4v) is 5.97. The summed E-state index contributed by atoms with van der Waals surface area (Å²) in [6.45, 7) is 2.99. The Morgan fingerprint density at radius 1 is 0.867 bits per heavy atom. The van der Waals surface area contributed by atoms with E-state index >= 15 is 0 Å². The Morgan fingerprint density at radius 2 is 1.43 bits per heavy atom. The predicted octanol–water partition coefficient (Wildman–Crippen LogP) is 4.47.